The second-order valence-electron chi connectivity index (χ2n) is 28.6. The Labute approximate surface area is 534 Å². The van der Waals surface area contributed by atoms with Gasteiger partial charge in [-0.15, -0.1) is 0 Å². The summed E-state index contributed by atoms with van der Waals surface area (Å²) < 4.78 is 15.2. The van der Waals surface area contributed by atoms with Gasteiger partial charge in [0, 0.05) is 6.20 Å². The Bertz CT molecular complexity index is 5040. The number of ether oxygens (including phenoxy) is 1. The van der Waals surface area contributed by atoms with Crippen molar-refractivity contribution in [3.05, 3.63) is 279 Å². The van der Waals surface area contributed by atoms with E-state index in [1.54, 1.807) is 0 Å². The van der Waals surface area contributed by atoms with Crippen molar-refractivity contribution in [3.8, 4) is 73.2 Å². The molecule has 2 aliphatic carbocycles. The van der Waals surface area contributed by atoms with Gasteiger partial charge in [-0.3, -0.25) is 0 Å². The maximum absolute atomic E-state index is 7.05. The van der Waals surface area contributed by atoms with Crippen LogP contribution in [-0.2, 0) is 46.4 Å². The molecule has 89 heavy (non-hydrogen) atoms. The number of para-hydroxylation sites is 2. The van der Waals surface area contributed by atoms with Crippen LogP contribution in [0.25, 0.3) is 94.5 Å². The number of benzene rings is 10. The van der Waals surface area contributed by atoms with Crippen LogP contribution >= 0.6 is 0 Å². The zero-order valence-electron chi connectivity index (χ0n) is 52.8. The van der Waals surface area contributed by atoms with Crippen LogP contribution in [0.4, 0.5) is 0 Å². The average molecular weight is 1340 g/mol. The average Bonchev–Trinajstić information content (AvgIpc) is 1.51. The van der Waals surface area contributed by atoms with Crippen molar-refractivity contribution in [3.63, 3.8) is 0 Å². The molecule has 0 saturated heterocycles. The summed E-state index contributed by atoms with van der Waals surface area (Å²) >= 11 is 2.55. The van der Waals surface area contributed by atoms with Gasteiger partial charge in [0.1, 0.15) is 0 Å². The Kier molecular flexibility index (Phi) is 12.9. The van der Waals surface area contributed by atoms with E-state index in [0.29, 0.717) is 11.5 Å². The van der Waals surface area contributed by atoms with Crippen LogP contribution in [0.5, 0.6) is 11.5 Å². The van der Waals surface area contributed by atoms with E-state index >= 15 is 0 Å². The Morgan fingerprint density at radius 2 is 0.910 bits per heavy atom. The summed E-state index contributed by atoms with van der Waals surface area (Å²) in [6.07, 6.45) is 1.95. The van der Waals surface area contributed by atoms with E-state index in [2.05, 4.69) is 335 Å². The molecule has 10 aromatic carbocycles. The fourth-order valence-electron chi connectivity index (χ4n) is 14.1. The van der Waals surface area contributed by atoms with Gasteiger partial charge >= 0.3 is 371 Å². The number of imidazole rings is 1. The summed E-state index contributed by atoms with van der Waals surface area (Å²) in [6, 6.07) is 86.4. The summed E-state index contributed by atoms with van der Waals surface area (Å²) in [5, 5.41) is 2.21. The molecule has 6 heteroatoms. The zero-order valence-corrected chi connectivity index (χ0v) is 55.1. The van der Waals surface area contributed by atoms with Crippen LogP contribution in [0.15, 0.2) is 219 Å². The third kappa shape index (κ3) is 9.04. The van der Waals surface area contributed by atoms with Gasteiger partial charge < -0.3 is 0 Å². The molecule has 2 aliphatic rings. The molecule has 0 bridgehead atoms. The van der Waals surface area contributed by atoms with Crippen LogP contribution in [0, 0.1) is 15.9 Å². The first-order valence-corrected chi connectivity index (χ1v) is 32.3. The first-order chi connectivity index (χ1) is 42.6. The van der Waals surface area contributed by atoms with E-state index in [1.807, 2.05) is 12.3 Å². The molecule has 442 valence electrons. The summed E-state index contributed by atoms with van der Waals surface area (Å²) in [5.41, 5.74) is 25.3. The van der Waals surface area contributed by atoms with E-state index < -0.39 is 5.41 Å². The number of fused-ring (bicyclic) bond motifs is 14. The Morgan fingerprint density at radius 3 is 1.52 bits per heavy atom. The summed E-state index contributed by atoms with van der Waals surface area (Å²) in [5.74, 6) is 2.00. The van der Waals surface area contributed by atoms with Crippen molar-refractivity contribution in [1.29, 1.82) is 0 Å². The fourth-order valence-corrected chi connectivity index (χ4v) is 15.2. The summed E-state index contributed by atoms with van der Waals surface area (Å²) in [7, 11) is 0. The van der Waals surface area contributed by atoms with Gasteiger partial charge in [-0.25, -0.2) is 0 Å². The summed E-state index contributed by atoms with van der Waals surface area (Å²) in [6.45, 7) is 27.7. The third-order valence-corrected chi connectivity index (χ3v) is 19.8. The molecule has 0 N–H and O–H groups in total. The van der Waals surface area contributed by atoms with Gasteiger partial charge in [-0.05, 0) is 61.6 Å². The molecule has 0 aliphatic heterocycles. The van der Waals surface area contributed by atoms with Crippen LogP contribution in [-0.4, -0.2) is 18.7 Å². The number of pyridine rings is 1. The van der Waals surface area contributed by atoms with Crippen molar-refractivity contribution < 1.29 is 24.1 Å². The monoisotopic (exact) mass is 1340 g/mol. The number of nitrogens with zero attached hydrogens (tertiary/aromatic N) is 4. The van der Waals surface area contributed by atoms with Crippen molar-refractivity contribution in [1.82, 2.24) is 18.7 Å². The molecule has 0 radical (unpaired) electrons. The molecule has 3 aromatic heterocycles. The molecule has 3 heterocycles. The molecule has 1 spiro atoms. The van der Waals surface area contributed by atoms with E-state index in [4.69, 9.17) is 9.72 Å². The van der Waals surface area contributed by atoms with Crippen LogP contribution < -0.4 is 4.74 Å². The molecule has 5 nitrogen and oxygen atoms in total. The van der Waals surface area contributed by atoms with Crippen molar-refractivity contribution >= 4 is 32.8 Å². The third-order valence-electron chi connectivity index (χ3n) is 18.8. The standard InChI is InChI=1S/C83H72N4O.Pt/c1-79(2,3)54-39-40-84-77(46-54)87-75-48-60(37-38-64(75)68-49-67-63-31-18-21-34-71(63)83(72(67)50-76(68)87)69-32-19-16-29-61(69)62-30-17-20-33-70(62)83)88-59-28-24-27-58(47-59)85-51-86(74-36-23-22-35-73(74)85)78-65(52-25-14-13-15-26-52)44-57(82(10,11)12)45-66(78)53-41-55(80(4,5)6)43-56(42-53)81(7,8)9;/h13-46,49-50H,1-12H3;/q-2;. The predicted octanol–water partition coefficient (Wildman–Crippen LogP) is 21.3. The van der Waals surface area contributed by atoms with Gasteiger partial charge in [0.25, 0.3) is 0 Å². The molecule has 13 aromatic rings. The molecule has 15 rings (SSSR count). The Balaban J connectivity index is 0.912. The molecular formula is C83H72N4OPt-2. The molecule has 0 unspecified atom stereocenters. The van der Waals surface area contributed by atoms with Gasteiger partial charge in [0.05, 0.1) is 5.41 Å². The topological polar surface area (TPSA) is 36.9 Å². The molecule has 0 amide bonds. The van der Waals surface area contributed by atoms with Gasteiger partial charge in [0.2, 0.25) is 0 Å². The Hall–Kier alpha value is -8.89. The zero-order chi connectivity index (χ0) is 61.7. The summed E-state index contributed by atoms with van der Waals surface area (Å²) in [4.78, 5) is 5.18. The number of hydrogen-bond donors (Lipinski definition) is 0. The number of aromatic nitrogens is 4. The van der Waals surface area contributed by atoms with Crippen LogP contribution in [0.3, 0.4) is 0 Å². The van der Waals surface area contributed by atoms with Crippen LogP contribution in [0.1, 0.15) is 128 Å². The number of hydrogen-bond acceptors (Lipinski definition) is 2. The quantitative estimate of drug-likeness (QED) is 0.149. The maximum atomic E-state index is 7.05. The van der Waals surface area contributed by atoms with Gasteiger partial charge in [-0.2, -0.15) is 0 Å². The van der Waals surface area contributed by atoms with E-state index in [0.717, 1.165) is 59.4 Å². The minimum atomic E-state index is -0.506. The molecule has 0 atom stereocenters. The van der Waals surface area contributed by atoms with E-state index in [-0.39, 0.29) is 21.7 Å². The van der Waals surface area contributed by atoms with Crippen molar-refractivity contribution in [2.75, 3.05) is 0 Å². The Morgan fingerprint density at radius 1 is 0.382 bits per heavy atom. The van der Waals surface area contributed by atoms with E-state index in [9.17, 15) is 0 Å². The first-order valence-electron chi connectivity index (χ1n) is 31.2. The van der Waals surface area contributed by atoms with Gasteiger partial charge in [0.15, 0.2) is 0 Å². The molecule has 0 saturated carbocycles. The first kappa shape index (κ1) is 56.6. The SMILES string of the molecule is CC(C)(C)c1cc(-c2cc(C(C)(C)C)cc(-c3ccccc3)c2-n2[c](=[Pt])n(-c3[c-]c(Oc4[c-]c5c(cc4)c4cc6c(cc4n5-c4cc(C(C)(C)C)ccn4)C4(c5ccccc5-c5ccccc54)c4ccccc4-6)ccc3)c3ccccc32)cc(C(C)(C)C)c1. The number of rotatable bonds is 7. The second-order valence-corrected chi connectivity index (χ2v) is 29.6. The van der Waals surface area contributed by atoms with Gasteiger partial charge in [-0.1, -0.05) is 93.6 Å². The van der Waals surface area contributed by atoms with Crippen molar-refractivity contribution in [2.24, 2.45) is 0 Å². The predicted molar refractivity (Wildman–Crippen MR) is 364 cm³/mol. The van der Waals surface area contributed by atoms with Crippen LogP contribution in [0.2, 0.25) is 0 Å². The fraction of sp³-hybridized carbons (Fsp3) is 0.205. The minimum absolute atomic E-state index is 0.0772. The van der Waals surface area contributed by atoms with Crippen molar-refractivity contribution in [2.45, 2.75) is 110 Å². The molecular weight excluding hydrogens is 1260 g/mol. The normalized spacial score (nSPS) is 13.6. The van der Waals surface area contributed by atoms with E-state index in [1.165, 1.54) is 83.5 Å². The molecule has 0 fully saturated rings. The second kappa shape index (κ2) is 20.3.